The molecule has 0 bridgehead atoms. The summed E-state index contributed by atoms with van der Waals surface area (Å²) >= 11 is 0. The summed E-state index contributed by atoms with van der Waals surface area (Å²) in [5.74, 6) is -3.07. The zero-order valence-corrected chi connectivity index (χ0v) is 18.5. The van der Waals surface area contributed by atoms with Crippen LogP contribution in [-0.2, 0) is 19.7 Å². The predicted octanol–water partition coefficient (Wildman–Crippen LogP) is 1.02. The van der Waals surface area contributed by atoms with E-state index < -0.39 is 28.0 Å². The number of hydrogen-bond acceptors (Lipinski definition) is 7. The Balaban J connectivity index is 0.000000981. The SMILES string of the molecule is CNC(=O)CC(C(=O)O)c1ccc(OC(=O)c2ccc(NC(=N)N)cc2)cc1.CS(=O)(=O)O. The Morgan fingerprint density at radius 2 is 1.61 bits per heavy atom. The largest absolute Gasteiger partial charge is 0.481 e. The van der Waals surface area contributed by atoms with Crippen LogP contribution in [0.4, 0.5) is 5.69 Å². The van der Waals surface area contributed by atoms with E-state index in [0.29, 0.717) is 23.1 Å². The first-order chi connectivity index (χ1) is 15.3. The van der Waals surface area contributed by atoms with E-state index in [2.05, 4.69) is 10.6 Å². The summed E-state index contributed by atoms with van der Waals surface area (Å²) in [6, 6.07) is 12.2. The lowest BCUT2D eigenvalue weighted by Gasteiger charge is -2.12. The van der Waals surface area contributed by atoms with Crippen LogP contribution in [0.25, 0.3) is 0 Å². The van der Waals surface area contributed by atoms with Gasteiger partial charge in [-0.15, -0.1) is 0 Å². The van der Waals surface area contributed by atoms with Gasteiger partial charge in [-0.25, -0.2) is 4.79 Å². The first kappa shape index (κ1) is 27.1. The van der Waals surface area contributed by atoms with Crippen molar-refractivity contribution in [2.24, 2.45) is 5.73 Å². The van der Waals surface area contributed by atoms with Gasteiger partial charge in [-0.05, 0) is 42.0 Å². The number of carbonyl (C=O) groups is 3. The molecule has 0 radical (unpaired) electrons. The molecule has 1 atom stereocenters. The van der Waals surface area contributed by atoms with E-state index >= 15 is 0 Å². The number of benzene rings is 2. The average molecular weight is 480 g/mol. The summed E-state index contributed by atoms with van der Waals surface area (Å²) in [7, 11) is -2.23. The van der Waals surface area contributed by atoms with E-state index in [1.807, 2.05) is 0 Å². The minimum atomic E-state index is -3.67. The zero-order chi connectivity index (χ0) is 25.2. The molecular formula is C20H24N4O8S. The third-order valence-electron chi connectivity index (χ3n) is 3.86. The number of nitrogens with one attached hydrogen (secondary N) is 3. The highest BCUT2D eigenvalue weighted by atomic mass is 32.2. The van der Waals surface area contributed by atoms with Crippen molar-refractivity contribution in [3.05, 3.63) is 59.7 Å². The quantitative estimate of drug-likeness (QED) is 0.109. The molecule has 12 nitrogen and oxygen atoms in total. The molecule has 0 aliphatic carbocycles. The van der Waals surface area contributed by atoms with Crippen LogP contribution >= 0.6 is 0 Å². The molecule has 13 heteroatoms. The number of carboxylic acids is 1. The molecular weight excluding hydrogens is 456 g/mol. The molecule has 0 aliphatic heterocycles. The fourth-order valence-corrected chi connectivity index (χ4v) is 2.41. The van der Waals surface area contributed by atoms with Gasteiger partial charge in [0, 0.05) is 19.2 Å². The van der Waals surface area contributed by atoms with Crippen LogP contribution in [-0.4, -0.2) is 55.2 Å². The van der Waals surface area contributed by atoms with Crippen molar-refractivity contribution in [1.29, 1.82) is 5.41 Å². The standard InChI is InChI=1S/C19H20N4O5.CH4O3S/c1-22-16(24)10-15(17(25)26)11-4-8-14(9-5-11)28-18(27)12-2-6-13(7-3-12)23-19(20)21;1-5(2,3)4/h2-9,15H,10H2,1H3,(H,22,24)(H,25,26)(H4,20,21,23);1H3,(H,2,3,4). The lowest BCUT2D eigenvalue weighted by Crippen LogP contribution is -2.24. The molecule has 178 valence electrons. The average Bonchev–Trinajstić information content (AvgIpc) is 2.71. The summed E-state index contributed by atoms with van der Waals surface area (Å²) in [4.78, 5) is 35.1. The molecule has 0 saturated heterocycles. The van der Waals surface area contributed by atoms with Crippen molar-refractivity contribution in [3.63, 3.8) is 0 Å². The highest BCUT2D eigenvalue weighted by Crippen LogP contribution is 2.23. The first-order valence-corrected chi connectivity index (χ1v) is 11.0. The second-order valence-electron chi connectivity index (χ2n) is 6.58. The van der Waals surface area contributed by atoms with Crippen molar-refractivity contribution in [2.45, 2.75) is 12.3 Å². The minimum Gasteiger partial charge on any atom is -0.481 e. The van der Waals surface area contributed by atoms with E-state index in [0.717, 1.165) is 0 Å². The second kappa shape index (κ2) is 12.2. The highest BCUT2D eigenvalue weighted by Gasteiger charge is 2.23. The Kier molecular flexibility index (Phi) is 9.98. The molecule has 0 aliphatic rings. The Bertz CT molecular complexity index is 1090. The van der Waals surface area contributed by atoms with Gasteiger partial charge in [0.2, 0.25) is 5.91 Å². The molecule has 1 amide bonds. The predicted molar refractivity (Wildman–Crippen MR) is 120 cm³/mol. The monoisotopic (exact) mass is 480 g/mol. The summed E-state index contributed by atoms with van der Waals surface area (Å²) in [6.45, 7) is 0. The van der Waals surface area contributed by atoms with Gasteiger partial charge >= 0.3 is 11.9 Å². The van der Waals surface area contributed by atoms with E-state index in [4.69, 9.17) is 20.4 Å². The number of rotatable bonds is 7. The third-order valence-corrected chi connectivity index (χ3v) is 3.86. The van der Waals surface area contributed by atoms with Crippen LogP contribution in [0.15, 0.2) is 48.5 Å². The molecule has 0 fully saturated rings. The topological polar surface area (TPSA) is 209 Å². The summed E-state index contributed by atoms with van der Waals surface area (Å²) in [6.07, 6.45) is 0.526. The Morgan fingerprint density at radius 3 is 2.03 bits per heavy atom. The van der Waals surface area contributed by atoms with Crippen molar-refractivity contribution in [1.82, 2.24) is 5.32 Å². The fraction of sp³-hybridized carbons (Fsp3) is 0.200. The Hall–Kier alpha value is -3.97. The van der Waals surface area contributed by atoms with Gasteiger partial charge in [-0.2, -0.15) is 8.42 Å². The molecule has 2 aromatic carbocycles. The molecule has 1 unspecified atom stereocenters. The van der Waals surface area contributed by atoms with Crippen molar-refractivity contribution >= 4 is 39.6 Å². The normalized spacial score (nSPS) is 11.2. The highest BCUT2D eigenvalue weighted by molar-refractivity contribution is 7.85. The van der Waals surface area contributed by atoms with Crippen molar-refractivity contribution in [2.75, 3.05) is 18.6 Å². The van der Waals surface area contributed by atoms with E-state index in [1.165, 1.54) is 43.4 Å². The number of esters is 1. The number of hydrogen-bond donors (Lipinski definition) is 6. The number of amides is 1. The molecule has 7 N–H and O–H groups in total. The van der Waals surface area contributed by atoms with Gasteiger partial charge in [-0.1, -0.05) is 12.1 Å². The van der Waals surface area contributed by atoms with Crippen LogP contribution in [0.1, 0.15) is 28.3 Å². The van der Waals surface area contributed by atoms with E-state index in [1.54, 1.807) is 12.1 Å². The van der Waals surface area contributed by atoms with Crippen molar-refractivity contribution in [3.8, 4) is 5.75 Å². The number of nitrogens with two attached hydrogens (primary N) is 1. The molecule has 0 heterocycles. The zero-order valence-electron chi connectivity index (χ0n) is 17.7. The van der Waals surface area contributed by atoms with Crippen LogP contribution < -0.4 is 21.1 Å². The molecule has 0 saturated carbocycles. The van der Waals surface area contributed by atoms with E-state index in [-0.39, 0.29) is 24.0 Å². The molecule has 0 aromatic heterocycles. The molecule has 33 heavy (non-hydrogen) atoms. The van der Waals surface area contributed by atoms with Gasteiger partial charge in [-0.3, -0.25) is 19.6 Å². The van der Waals surface area contributed by atoms with Crippen LogP contribution in [0, 0.1) is 5.41 Å². The number of guanidine groups is 1. The number of aliphatic carboxylic acids is 1. The molecule has 0 spiro atoms. The van der Waals surface area contributed by atoms with Gasteiger partial charge < -0.3 is 26.2 Å². The van der Waals surface area contributed by atoms with Gasteiger partial charge in [0.15, 0.2) is 5.96 Å². The number of carbonyl (C=O) groups excluding carboxylic acids is 2. The smallest absolute Gasteiger partial charge is 0.343 e. The Labute approximate surface area is 190 Å². The maximum Gasteiger partial charge on any atom is 0.343 e. The summed E-state index contributed by atoms with van der Waals surface area (Å²) < 4.78 is 31.1. The summed E-state index contributed by atoms with van der Waals surface area (Å²) in [5, 5.41) is 21.5. The van der Waals surface area contributed by atoms with Crippen molar-refractivity contribution < 1.29 is 37.2 Å². The maximum absolute atomic E-state index is 12.2. The number of ether oxygens (including phenoxy) is 1. The van der Waals surface area contributed by atoms with Gasteiger partial charge in [0.1, 0.15) is 5.75 Å². The molecule has 2 aromatic rings. The first-order valence-electron chi connectivity index (χ1n) is 9.19. The molecule has 2 rings (SSSR count). The number of anilines is 1. The Morgan fingerprint density at radius 1 is 1.09 bits per heavy atom. The maximum atomic E-state index is 12.2. The van der Waals surface area contributed by atoms with Crippen LogP contribution in [0.2, 0.25) is 0 Å². The minimum absolute atomic E-state index is 0.189. The second-order valence-corrected chi connectivity index (χ2v) is 8.04. The van der Waals surface area contributed by atoms with Gasteiger partial charge in [0.05, 0.1) is 17.7 Å². The lowest BCUT2D eigenvalue weighted by molar-refractivity contribution is -0.140. The summed E-state index contributed by atoms with van der Waals surface area (Å²) in [5.41, 5.74) is 6.51. The fourth-order valence-electron chi connectivity index (χ4n) is 2.41. The van der Waals surface area contributed by atoms with Crippen LogP contribution in [0.5, 0.6) is 5.75 Å². The third kappa shape index (κ3) is 10.8. The lowest BCUT2D eigenvalue weighted by atomic mass is 9.95. The van der Waals surface area contributed by atoms with Gasteiger partial charge in [0.25, 0.3) is 10.1 Å². The number of carboxylic acid groups (broad SMARTS) is 1. The van der Waals surface area contributed by atoms with Crippen LogP contribution in [0.3, 0.4) is 0 Å². The van der Waals surface area contributed by atoms with E-state index in [9.17, 15) is 27.9 Å².